The molecule has 0 unspecified atom stereocenters. The van der Waals surface area contributed by atoms with E-state index in [2.05, 4.69) is 0 Å². The number of hydrogen-bond donors (Lipinski definition) is 1. The lowest BCUT2D eigenvalue weighted by atomic mass is 10.0. The molecule has 1 aromatic carbocycles. The molecule has 2 rings (SSSR count). The fraction of sp³-hybridized carbons (Fsp3) is 0.571. The number of halogens is 1. The van der Waals surface area contributed by atoms with Gasteiger partial charge in [0.1, 0.15) is 0 Å². The van der Waals surface area contributed by atoms with Gasteiger partial charge in [0.25, 0.3) is 0 Å². The van der Waals surface area contributed by atoms with Gasteiger partial charge in [0.15, 0.2) is 11.6 Å². The molecule has 3 heteroatoms. The summed E-state index contributed by atoms with van der Waals surface area (Å²) in [4.78, 5) is 0. The highest BCUT2D eigenvalue weighted by Gasteiger charge is 2.37. The fourth-order valence-corrected chi connectivity index (χ4v) is 1.85. The van der Waals surface area contributed by atoms with Crippen LogP contribution in [-0.4, -0.2) is 11.6 Å². The Labute approximate surface area is 102 Å². The smallest absolute Gasteiger partial charge is 0.165 e. The Hall–Kier alpha value is -1.09. The van der Waals surface area contributed by atoms with Gasteiger partial charge in [-0.1, -0.05) is 6.07 Å². The summed E-state index contributed by atoms with van der Waals surface area (Å²) < 4.78 is 19.0. The highest BCUT2D eigenvalue weighted by molar-refractivity contribution is 5.30. The Morgan fingerprint density at radius 1 is 1.41 bits per heavy atom. The number of ether oxygens (including phenoxy) is 1. The van der Waals surface area contributed by atoms with Gasteiger partial charge in [-0.25, -0.2) is 4.39 Å². The van der Waals surface area contributed by atoms with Crippen LogP contribution in [0.5, 0.6) is 5.75 Å². The maximum Gasteiger partial charge on any atom is 0.165 e. The van der Waals surface area contributed by atoms with E-state index in [0.717, 1.165) is 31.2 Å². The molecule has 0 spiro atoms. The van der Waals surface area contributed by atoms with E-state index >= 15 is 0 Å². The van der Waals surface area contributed by atoms with Crippen molar-refractivity contribution >= 4 is 0 Å². The average molecular weight is 237 g/mol. The maximum atomic E-state index is 13.7. The molecule has 2 N–H and O–H groups in total. The molecule has 0 radical (unpaired) electrons. The van der Waals surface area contributed by atoms with Crippen LogP contribution in [0.15, 0.2) is 18.2 Å². The van der Waals surface area contributed by atoms with E-state index < -0.39 is 0 Å². The summed E-state index contributed by atoms with van der Waals surface area (Å²) in [6.45, 7) is 3.78. The summed E-state index contributed by atoms with van der Waals surface area (Å²) in [7, 11) is 0. The first-order chi connectivity index (χ1) is 7.98. The number of rotatable bonds is 5. The van der Waals surface area contributed by atoms with E-state index in [1.807, 2.05) is 19.9 Å². The van der Waals surface area contributed by atoms with Gasteiger partial charge in [0.05, 0.1) is 6.10 Å². The molecule has 94 valence electrons. The molecule has 0 aliphatic heterocycles. The molecule has 0 bridgehead atoms. The van der Waals surface area contributed by atoms with Crippen LogP contribution in [0, 0.1) is 5.82 Å². The summed E-state index contributed by atoms with van der Waals surface area (Å²) in [5, 5.41) is 0. The van der Waals surface area contributed by atoms with E-state index in [1.54, 1.807) is 12.1 Å². The van der Waals surface area contributed by atoms with Crippen LogP contribution in [0.2, 0.25) is 0 Å². The molecule has 1 saturated carbocycles. The molecule has 2 nitrogen and oxygen atoms in total. The van der Waals surface area contributed by atoms with Crippen molar-refractivity contribution in [2.24, 2.45) is 5.73 Å². The first-order valence-electron chi connectivity index (χ1n) is 6.22. The summed E-state index contributed by atoms with van der Waals surface area (Å²) >= 11 is 0. The van der Waals surface area contributed by atoms with Crippen molar-refractivity contribution in [2.45, 2.75) is 51.2 Å². The highest BCUT2D eigenvalue weighted by atomic mass is 19.1. The second kappa shape index (κ2) is 4.65. The van der Waals surface area contributed by atoms with Gasteiger partial charge >= 0.3 is 0 Å². The standard InChI is InChI=1S/C14H20FNO/c1-10(2)17-13-4-3-11(9-12(13)15)5-6-14(16)7-8-14/h3-4,9-10H,5-8,16H2,1-2H3. The molecule has 17 heavy (non-hydrogen) atoms. The largest absolute Gasteiger partial charge is 0.488 e. The minimum Gasteiger partial charge on any atom is -0.488 e. The zero-order chi connectivity index (χ0) is 12.5. The quantitative estimate of drug-likeness (QED) is 0.854. The van der Waals surface area contributed by atoms with Crippen molar-refractivity contribution in [3.8, 4) is 5.75 Å². The Balaban J connectivity index is 1.97. The molecule has 0 amide bonds. The van der Waals surface area contributed by atoms with Crippen molar-refractivity contribution in [1.82, 2.24) is 0 Å². The topological polar surface area (TPSA) is 35.2 Å². The summed E-state index contributed by atoms with van der Waals surface area (Å²) in [6.07, 6.45) is 3.98. The molecular weight excluding hydrogens is 217 g/mol. The lowest BCUT2D eigenvalue weighted by Crippen LogP contribution is -2.22. The third kappa shape index (κ3) is 3.43. The van der Waals surface area contributed by atoms with Crippen LogP contribution in [-0.2, 0) is 6.42 Å². The van der Waals surface area contributed by atoms with Crippen LogP contribution < -0.4 is 10.5 Å². The van der Waals surface area contributed by atoms with Crippen molar-refractivity contribution in [3.05, 3.63) is 29.6 Å². The predicted molar refractivity (Wildman–Crippen MR) is 66.6 cm³/mol. The second-order valence-electron chi connectivity index (χ2n) is 5.29. The molecule has 0 heterocycles. The lowest BCUT2D eigenvalue weighted by molar-refractivity contribution is 0.231. The lowest BCUT2D eigenvalue weighted by Gasteiger charge is -2.12. The molecule has 0 aromatic heterocycles. The van der Waals surface area contributed by atoms with E-state index in [9.17, 15) is 4.39 Å². The molecule has 0 saturated heterocycles. The number of benzene rings is 1. The van der Waals surface area contributed by atoms with Gasteiger partial charge in [-0.2, -0.15) is 0 Å². The van der Waals surface area contributed by atoms with Gasteiger partial charge in [-0.05, 0) is 57.2 Å². The van der Waals surface area contributed by atoms with Crippen LogP contribution in [0.4, 0.5) is 4.39 Å². The normalized spacial score (nSPS) is 17.2. The first kappa shape index (κ1) is 12.4. The number of hydrogen-bond acceptors (Lipinski definition) is 2. The first-order valence-corrected chi connectivity index (χ1v) is 6.22. The van der Waals surface area contributed by atoms with E-state index in [4.69, 9.17) is 10.5 Å². The molecule has 0 atom stereocenters. The van der Waals surface area contributed by atoms with Gasteiger partial charge in [-0.3, -0.25) is 0 Å². The predicted octanol–water partition coefficient (Wildman–Crippen LogP) is 3.04. The minimum absolute atomic E-state index is 0.00544. The number of aryl methyl sites for hydroxylation is 1. The minimum atomic E-state index is -0.280. The van der Waals surface area contributed by atoms with Crippen LogP contribution in [0.3, 0.4) is 0 Å². The Morgan fingerprint density at radius 3 is 2.65 bits per heavy atom. The van der Waals surface area contributed by atoms with Crippen LogP contribution >= 0.6 is 0 Å². The monoisotopic (exact) mass is 237 g/mol. The third-order valence-corrected chi connectivity index (χ3v) is 3.16. The van der Waals surface area contributed by atoms with Gasteiger partial charge in [-0.15, -0.1) is 0 Å². The summed E-state index contributed by atoms with van der Waals surface area (Å²) in [5.41, 5.74) is 7.04. The maximum absolute atomic E-state index is 13.7. The third-order valence-electron chi connectivity index (χ3n) is 3.16. The van der Waals surface area contributed by atoms with E-state index in [1.165, 1.54) is 0 Å². The van der Waals surface area contributed by atoms with Crippen molar-refractivity contribution in [2.75, 3.05) is 0 Å². The van der Waals surface area contributed by atoms with Gasteiger partial charge in [0, 0.05) is 5.54 Å². The molecular formula is C14H20FNO. The van der Waals surface area contributed by atoms with Crippen molar-refractivity contribution < 1.29 is 9.13 Å². The van der Waals surface area contributed by atoms with E-state index in [-0.39, 0.29) is 17.5 Å². The Morgan fingerprint density at radius 2 is 2.12 bits per heavy atom. The number of nitrogens with two attached hydrogens (primary N) is 1. The van der Waals surface area contributed by atoms with Crippen LogP contribution in [0.25, 0.3) is 0 Å². The SMILES string of the molecule is CC(C)Oc1ccc(CCC2(N)CC2)cc1F. The molecule has 1 aliphatic carbocycles. The molecule has 1 aromatic rings. The van der Waals surface area contributed by atoms with Crippen molar-refractivity contribution in [3.63, 3.8) is 0 Å². The average Bonchev–Trinajstić information content (AvgIpc) is 2.98. The van der Waals surface area contributed by atoms with Crippen LogP contribution in [0.1, 0.15) is 38.7 Å². The van der Waals surface area contributed by atoms with Crippen molar-refractivity contribution in [1.29, 1.82) is 0 Å². The zero-order valence-electron chi connectivity index (χ0n) is 10.5. The second-order valence-corrected chi connectivity index (χ2v) is 5.29. The van der Waals surface area contributed by atoms with Gasteiger partial charge < -0.3 is 10.5 Å². The fourth-order valence-electron chi connectivity index (χ4n) is 1.85. The molecule has 1 aliphatic rings. The van der Waals surface area contributed by atoms with Gasteiger partial charge in [0.2, 0.25) is 0 Å². The Bertz CT molecular complexity index is 399. The summed E-state index contributed by atoms with van der Waals surface area (Å²) in [5.74, 6) is 0.0516. The van der Waals surface area contributed by atoms with E-state index in [0.29, 0.717) is 5.75 Å². The Kier molecular flexibility index (Phi) is 3.38. The highest BCUT2D eigenvalue weighted by Crippen LogP contribution is 2.36. The molecule has 1 fully saturated rings. The zero-order valence-corrected chi connectivity index (χ0v) is 10.5. The summed E-state index contributed by atoms with van der Waals surface area (Å²) in [6, 6.07) is 5.19.